The summed E-state index contributed by atoms with van der Waals surface area (Å²) in [4.78, 5) is 2.26. The molecule has 1 N–H and O–H groups in total. The molecule has 0 saturated heterocycles. The van der Waals surface area contributed by atoms with Crippen LogP contribution in [-0.2, 0) is 13.6 Å². The predicted octanol–water partition coefficient (Wildman–Crippen LogP) is 1.46. The second-order valence-electron chi connectivity index (χ2n) is 5.23. The molecule has 1 aliphatic rings. The van der Waals surface area contributed by atoms with Crippen molar-refractivity contribution < 1.29 is 5.11 Å². The van der Waals surface area contributed by atoms with E-state index in [1.54, 1.807) is 0 Å². The van der Waals surface area contributed by atoms with Gasteiger partial charge in [0.15, 0.2) is 0 Å². The van der Waals surface area contributed by atoms with E-state index < -0.39 is 0 Å². The zero-order valence-corrected chi connectivity index (χ0v) is 11.1. The monoisotopic (exact) mass is 237 g/mol. The molecule has 2 unspecified atom stereocenters. The Morgan fingerprint density at radius 1 is 1.47 bits per heavy atom. The molecular weight excluding hydrogens is 214 g/mol. The van der Waals surface area contributed by atoms with Crippen molar-refractivity contribution in [1.82, 2.24) is 14.7 Å². The van der Waals surface area contributed by atoms with E-state index in [1.807, 2.05) is 18.7 Å². The minimum atomic E-state index is -0.164. The highest BCUT2D eigenvalue weighted by Gasteiger charge is 2.26. The summed E-state index contributed by atoms with van der Waals surface area (Å²) in [5.74, 6) is 0. The highest BCUT2D eigenvalue weighted by molar-refractivity contribution is 5.08. The molecule has 4 nitrogen and oxygen atoms in total. The number of likely N-dealkylation sites (N-methyl/N-ethyl adjacent to an activating group) is 1. The lowest BCUT2D eigenvalue weighted by Gasteiger charge is -2.35. The second-order valence-corrected chi connectivity index (χ2v) is 5.23. The van der Waals surface area contributed by atoms with E-state index in [-0.39, 0.29) is 6.10 Å². The lowest BCUT2D eigenvalue weighted by molar-refractivity contribution is 0.0279. The number of hydrogen-bond acceptors (Lipinski definition) is 3. The van der Waals surface area contributed by atoms with E-state index in [9.17, 15) is 5.11 Å². The zero-order chi connectivity index (χ0) is 12.4. The number of nitrogens with zero attached hydrogens (tertiary/aromatic N) is 3. The summed E-state index contributed by atoms with van der Waals surface area (Å²) < 4.78 is 1.93. The molecule has 1 fully saturated rings. The van der Waals surface area contributed by atoms with Crippen molar-refractivity contribution in [3.05, 3.63) is 17.5 Å². The number of aromatic nitrogens is 2. The van der Waals surface area contributed by atoms with Crippen LogP contribution >= 0.6 is 0 Å². The summed E-state index contributed by atoms with van der Waals surface area (Å²) in [6.45, 7) is 2.87. The molecule has 17 heavy (non-hydrogen) atoms. The summed E-state index contributed by atoms with van der Waals surface area (Å²) in [5.41, 5.74) is 2.27. The first-order chi connectivity index (χ1) is 8.08. The van der Waals surface area contributed by atoms with Gasteiger partial charge in [0.2, 0.25) is 0 Å². The first-order valence-corrected chi connectivity index (χ1v) is 6.45. The van der Waals surface area contributed by atoms with Gasteiger partial charge in [-0.2, -0.15) is 5.10 Å². The molecule has 1 heterocycles. The van der Waals surface area contributed by atoms with Gasteiger partial charge < -0.3 is 5.11 Å². The van der Waals surface area contributed by atoms with Crippen molar-refractivity contribution in [2.24, 2.45) is 7.05 Å². The largest absolute Gasteiger partial charge is 0.391 e. The third kappa shape index (κ3) is 2.87. The maximum Gasteiger partial charge on any atom is 0.0695 e. The van der Waals surface area contributed by atoms with Crippen LogP contribution in [0.15, 0.2) is 6.07 Å². The second kappa shape index (κ2) is 5.19. The summed E-state index contributed by atoms with van der Waals surface area (Å²) >= 11 is 0. The molecule has 2 atom stereocenters. The quantitative estimate of drug-likeness (QED) is 0.865. The van der Waals surface area contributed by atoms with Crippen molar-refractivity contribution in [1.29, 1.82) is 0 Å². The number of rotatable bonds is 3. The van der Waals surface area contributed by atoms with Crippen molar-refractivity contribution >= 4 is 0 Å². The Kier molecular flexibility index (Phi) is 3.84. The lowest BCUT2D eigenvalue weighted by Crippen LogP contribution is -2.43. The van der Waals surface area contributed by atoms with Gasteiger partial charge >= 0.3 is 0 Å². The van der Waals surface area contributed by atoms with Crippen LogP contribution in [0.1, 0.15) is 37.1 Å². The molecule has 0 aromatic carbocycles. The van der Waals surface area contributed by atoms with Crippen LogP contribution in [0.5, 0.6) is 0 Å². The fraction of sp³-hybridized carbons (Fsp3) is 0.769. The first kappa shape index (κ1) is 12.6. The van der Waals surface area contributed by atoms with Crippen molar-refractivity contribution in [2.45, 2.75) is 51.3 Å². The number of aryl methyl sites for hydroxylation is 2. The Morgan fingerprint density at radius 3 is 2.76 bits per heavy atom. The third-order valence-corrected chi connectivity index (χ3v) is 3.77. The van der Waals surface area contributed by atoms with E-state index in [0.29, 0.717) is 6.04 Å². The van der Waals surface area contributed by atoms with E-state index >= 15 is 0 Å². The van der Waals surface area contributed by atoms with Gasteiger partial charge in [-0.15, -0.1) is 0 Å². The van der Waals surface area contributed by atoms with E-state index in [0.717, 1.165) is 31.5 Å². The van der Waals surface area contributed by atoms with Crippen molar-refractivity contribution in [3.63, 3.8) is 0 Å². The van der Waals surface area contributed by atoms with E-state index in [4.69, 9.17) is 0 Å². The van der Waals surface area contributed by atoms with Crippen LogP contribution in [0.3, 0.4) is 0 Å². The van der Waals surface area contributed by atoms with Gasteiger partial charge in [0.25, 0.3) is 0 Å². The van der Waals surface area contributed by atoms with Gasteiger partial charge in [0.1, 0.15) is 0 Å². The molecule has 1 aromatic rings. The lowest BCUT2D eigenvalue weighted by atomic mass is 9.91. The Balaban J connectivity index is 2.00. The fourth-order valence-electron chi connectivity index (χ4n) is 2.79. The maximum atomic E-state index is 10.0. The summed E-state index contributed by atoms with van der Waals surface area (Å²) in [6, 6.07) is 2.42. The molecule has 1 saturated carbocycles. The summed E-state index contributed by atoms with van der Waals surface area (Å²) in [5, 5.41) is 14.4. The van der Waals surface area contributed by atoms with Crippen LogP contribution in [0.2, 0.25) is 0 Å². The molecule has 2 rings (SSSR count). The molecule has 4 heteroatoms. The van der Waals surface area contributed by atoms with Crippen molar-refractivity contribution in [2.75, 3.05) is 7.05 Å². The Labute approximate surface area is 103 Å². The summed E-state index contributed by atoms with van der Waals surface area (Å²) in [6.07, 6.45) is 4.28. The molecule has 96 valence electrons. The molecule has 0 spiro atoms. The van der Waals surface area contributed by atoms with Crippen LogP contribution in [0.4, 0.5) is 0 Å². The fourth-order valence-corrected chi connectivity index (χ4v) is 2.79. The van der Waals surface area contributed by atoms with E-state index in [1.165, 1.54) is 12.1 Å². The van der Waals surface area contributed by atoms with Crippen molar-refractivity contribution in [3.8, 4) is 0 Å². The Bertz CT molecular complexity index is 375. The van der Waals surface area contributed by atoms with Crippen LogP contribution in [0, 0.1) is 6.92 Å². The Morgan fingerprint density at radius 2 is 2.18 bits per heavy atom. The highest BCUT2D eigenvalue weighted by atomic mass is 16.3. The average molecular weight is 237 g/mol. The van der Waals surface area contributed by atoms with Crippen LogP contribution < -0.4 is 0 Å². The zero-order valence-electron chi connectivity index (χ0n) is 11.1. The maximum absolute atomic E-state index is 10.0. The summed E-state index contributed by atoms with van der Waals surface area (Å²) in [7, 11) is 4.08. The molecule has 0 bridgehead atoms. The number of aliphatic hydroxyl groups excluding tert-OH is 1. The van der Waals surface area contributed by atoms with Gasteiger partial charge in [-0.05, 0) is 32.9 Å². The highest BCUT2D eigenvalue weighted by Crippen LogP contribution is 2.23. The van der Waals surface area contributed by atoms with E-state index in [2.05, 4.69) is 23.1 Å². The third-order valence-electron chi connectivity index (χ3n) is 3.77. The van der Waals surface area contributed by atoms with Crippen LogP contribution in [-0.4, -0.2) is 39.0 Å². The molecule has 0 radical (unpaired) electrons. The molecule has 1 aromatic heterocycles. The molecule has 1 aliphatic carbocycles. The Hall–Kier alpha value is -0.870. The predicted molar refractivity (Wildman–Crippen MR) is 67.7 cm³/mol. The van der Waals surface area contributed by atoms with Gasteiger partial charge in [-0.1, -0.05) is 12.8 Å². The smallest absolute Gasteiger partial charge is 0.0695 e. The van der Waals surface area contributed by atoms with Crippen LogP contribution in [0.25, 0.3) is 0 Å². The molecular formula is C13H23N3O. The average Bonchev–Trinajstić information content (AvgIpc) is 2.58. The first-order valence-electron chi connectivity index (χ1n) is 6.45. The standard InChI is InChI=1S/C13H23N3O/c1-10-8-11(16(3)14-10)9-15(2)12-6-4-5-7-13(12)17/h8,12-13,17H,4-7,9H2,1-3H3. The number of hydrogen-bond donors (Lipinski definition) is 1. The molecule has 0 aliphatic heterocycles. The topological polar surface area (TPSA) is 41.3 Å². The SMILES string of the molecule is Cc1cc(CN(C)C2CCCCC2O)n(C)n1. The normalized spacial score (nSPS) is 25.5. The van der Waals surface area contributed by atoms with Gasteiger partial charge in [-0.3, -0.25) is 9.58 Å². The van der Waals surface area contributed by atoms with Gasteiger partial charge in [-0.25, -0.2) is 0 Å². The van der Waals surface area contributed by atoms with Gasteiger partial charge in [0, 0.05) is 19.6 Å². The molecule has 0 amide bonds. The minimum absolute atomic E-state index is 0.164. The minimum Gasteiger partial charge on any atom is -0.391 e. The number of aliphatic hydroxyl groups is 1. The van der Waals surface area contributed by atoms with Gasteiger partial charge in [0.05, 0.1) is 17.5 Å².